The smallest absolute Gasteiger partial charge is 0.317 e. The minimum Gasteiger partial charge on any atom is -0.391 e. The predicted molar refractivity (Wildman–Crippen MR) is 84.2 cm³/mol. The lowest BCUT2D eigenvalue weighted by Crippen LogP contribution is -2.50. The topological polar surface area (TPSA) is 52.6 Å². The van der Waals surface area contributed by atoms with Gasteiger partial charge >= 0.3 is 6.03 Å². The van der Waals surface area contributed by atoms with Gasteiger partial charge < -0.3 is 15.3 Å². The Bertz CT molecular complexity index is 449. The van der Waals surface area contributed by atoms with Gasteiger partial charge in [-0.15, -0.1) is 0 Å². The van der Waals surface area contributed by atoms with Gasteiger partial charge in [-0.05, 0) is 24.3 Å². The van der Waals surface area contributed by atoms with Crippen LogP contribution in [0.15, 0.2) is 30.3 Å². The van der Waals surface area contributed by atoms with Crippen molar-refractivity contribution in [3.8, 4) is 0 Å². The van der Waals surface area contributed by atoms with Crippen molar-refractivity contribution in [3.05, 3.63) is 35.9 Å². The molecule has 3 atom stereocenters. The number of amides is 2. The fourth-order valence-corrected chi connectivity index (χ4v) is 2.78. The van der Waals surface area contributed by atoms with E-state index in [4.69, 9.17) is 0 Å². The molecule has 2 rings (SSSR count). The lowest BCUT2D eigenvalue weighted by atomic mass is 9.96. The third-order valence-electron chi connectivity index (χ3n) is 4.47. The molecule has 1 saturated heterocycles. The number of hydrogen-bond acceptors (Lipinski definition) is 2. The highest BCUT2D eigenvalue weighted by atomic mass is 16.3. The van der Waals surface area contributed by atoms with E-state index in [-0.39, 0.29) is 11.9 Å². The molecule has 4 heteroatoms. The zero-order valence-electron chi connectivity index (χ0n) is 13.0. The molecule has 1 aromatic rings. The quantitative estimate of drug-likeness (QED) is 0.895. The summed E-state index contributed by atoms with van der Waals surface area (Å²) < 4.78 is 0. The van der Waals surface area contributed by atoms with Crippen LogP contribution < -0.4 is 5.32 Å². The maximum absolute atomic E-state index is 12.2. The molecule has 1 fully saturated rings. The highest BCUT2D eigenvalue weighted by Gasteiger charge is 2.27. The molecule has 0 aromatic heterocycles. The van der Waals surface area contributed by atoms with E-state index in [1.165, 1.54) is 5.56 Å². The van der Waals surface area contributed by atoms with Gasteiger partial charge in [0.05, 0.1) is 6.10 Å². The number of urea groups is 1. The second kappa shape index (κ2) is 7.46. The van der Waals surface area contributed by atoms with Crippen molar-refractivity contribution in [1.29, 1.82) is 0 Å². The summed E-state index contributed by atoms with van der Waals surface area (Å²) >= 11 is 0. The lowest BCUT2D eigenvalue weighted by Gasteiger charge is -2.34. The monoisotopic (exact) mass is 290 g/mol. The second-order valence-electron chi connectivity index (χ2n) is 5.98. The molecule has 0 radical (unpaired) electrons. The van der Waals surface area contributed by atoms with Gasteiger partial charge in [0.1, 0.15) is 0 Å². The first-order valence-electron chi connectivity index (χ1n) is 7.87. The van der Waals surface area contributed by atoms with Crippen LogP contribution in [0.5, 0.6) is 0 Å². The predicted octanol–water partition coefficient (Wildman–Crippen LogP) is 2.59. The molecule has 1 heterocycles. The Morgan fingerprint density at radius 3 is 2.76 bits per heavy atom. The maximum Gasteiger partial charge on any atom is 0.317 e. The summed E-state index contributed by atoms with van der Waals surface area (Å²) in [6.07, 6.45) is 1.45. The number of aliphatic hydroxyl groups is 1. The minimum absolute atomic E-state index is 0.0599. The molecule has 0 aliphatic carbocycles. The molecule has 3 unspecified atom stereocenters. The first kappa shape index (κ1) is 15.8. The van der Waals surface area contributed by atoms with Crippen molar-refractivity contribution < 1.29 is 9.90 Å². The number of piperidine rings is 1. The molecule has 21 heavy (non-hydrogen) atoms. The number of aliphatic hydroxyl groups excluding tert-OH is 1. The van der Waals surface area contributed by atoms with Gasteiger partial charge in [0, 0.05) is 25.6 Å². The third-order valence-corrected chi connectivity index (χ3v) is 4.47. The van der Waals surface area contributed by atoms with Crippen LogP contribution in [-0.4, -0.2) is 41.8 Å². The molecule has 1 aliphatic rings. The Balaban J connectivity index is 1.85. The number of rotatable bonds is 4. The van der Waals surface area contributed by atoms with E-state index in [2.05, 4.69) is 24.4 Å². The number of carbonyl (C=O) groups excluding carboxylic acids is 1. The Morgan fingerprint density at radius 1 is 1.43 bits per heavy atom. The minimum atomic E-state index is -0.402. The maximum atomic E-state index is 12.2. The highest BCUT2D eigenvalue weighted by molar-refractivity contribution is 5.74. The van der Waals surface area contributed by atoms with E-state index in [9.17, 15) is 9.90 Å². The molecular weight excluding hydrogens is 264 g/mol. The highest BCUT2D eigenvalue weighted by Crippen LogP contribution is 2.19. The van der Waals surface area contributed by atoms with Crippen LogP contribution >= 0.6 is 0 Å². The standard InChI is InChI=1S/C17H26N2O2/c1-3-14(15-7-5-4-6-8-15)11-18-17(21)19-10-9-13(2)16(20)12-19/h4-8,13-14,16,20H,3,9-12H2,1-2H3,(H,18,21). The van der Waals surface area contributed by atoms with Crippen molar-refractivity contribution >= 4 is 6.03 Å². The summed E-state index contributed by atoms with van der Waals surface area (Å²) in [5.41, 5.74) is 1.26. The zero-order chi connectivity index (χ0) is 15.2. The molecule has 1 aromatic carbocycles. The first-order valence-corrected chi connectivity index (χ1v) is 7.87. The van der Waals surface area contributed by atoms with Crippen molar-refractivity contribution in [2.75, 3.05) is 19.6 Å². The summed E-state index contributed by atoms with van der Waals surface area (Å²) in [7, 11) is 0. The SMILES string of the molecule is CCC(CNC(=O)N1CCC(C)C(O)C1)c1ccccc1. The van der Waals surface area contributed by atoms with Gasteiger partial charge in [-0.25, -0.2) is 4.79 Å². The molecule has 0 saturated carbocycles. The normalized spacial score (nSPS) is 23.7. The van der Waals surface area contributed by atoms with E-state index in [1.807, 2.05) is 25.1 Å². The van der Waals surface area contributed by atoms with E-state index in [1.54, 1.807) is 4.90 Å². The van der Waals surface area contributed by atoms with E-state index in [0.29, 0.717) is 19.0 Å². The fourth-order valence-electron chi connectivity index (χ4n) is 2.78. The molecule has 116 valence electrons. The molecule has 2 N–H and O–H groups in total. The number of β-amino-alcohol motifs (C(OH)–C–C–N with tert-alkyl or cyclic N) is 1. The van der Waals surface area contributed by atoms with E-state index >= 15 is 0 Å². The summed E-state index contributed by atoms with van der Waals surface area (Å²) in [5.74, 6) is 0.616. The van der Waals surface area contributed by atoms with Crippen LogP contribution in [0.2, 0.25) is 0 Å². The molecule has 4 nitrogen and oxygen atoms in total. The average Bonchev–Trinajstić information content (AvgIpc) is 2.51. The second-order valence-corrected chi connectivity index (χ2v) is 5.98. The van der Waals surface area contributed by atoms with Gasteiger partial charge in [-0.1, -0.05) is 44.2 Å². The fraction of sp³-hybridized carbons (Fsp3) is 0.588. The van der Waals surface area contributed by atoms with Gasteiger partial charge in [-0.2, -0.15) is 0 Å². The van der Waals surface area contributed by atoms with Crippen molar-refractivity contribution in [2.24, 2.45) is 5.92 Å². The summed E-state index contributed by atoms with van der Waals surface area (Å²) in [5, 5.41) is 12.9. The van der Waals surface area contributed by atoms with Crippen LogP contribution in [0.25, 0.3) is 0 Å². The third kappa shape index (κ3) is 4.21. The number of nitrogens with zero attached hydrogens (tertiary/aromatic N) is 1. The average molecular weight is 290 g/mol. The number of carbonyl (C=O) groups is 1. The number of nitrogens with one attached hydrogen (secondary N) is 1. The number of likely N-dealkylation sites (tertiary alicyclic amines) is 1. The van der Waals surface area contributed by atoms with Crippen LogP contribution in [0.4, 0.5) is 4.79 Å². The van der Waals surface area contributed by atoms with Crippen LogP contribution in [0.1, 0.15) is 38.2 Å². The first-order chi connectivity index (χ1) is 10.1. The molecular formula is C17H26N2O2. The van der Waals surface area contributed by atoms with Gasteiger partial charge in [-0.3, -0.25) is 0 Å². The van der Waals surface area contributed by atoms with E-state index in [0.717, 1.165) is 19.4 Å². The van der Waals surface area contributed by atoms with Gasteiger partial charge in [0.2, 0.25) is 0 Å². The Labute approximate surface area is 127 Å². The Hall–Kier alpha value is -1.55. The lowest BCUT2D eigenvalue weighted by molar-refractivity contribution is 0.0435. The van der Waals surface area contributed by atoms with Crippen molar-refractivity contribution in [3.63, 3.8) is 0 Å². The van der Waals surface area contributed by atoms with Crippen molar-refractivity contribution in [1.82, 2.24) is 10.2 Å². The zero-order valence-corrected chi connectivity index (χ0v) is 13.0. The molecule has 2 amide bonds. The Kier molecular flexibility index (Phi) is 5.62. The van der Waals surface area contributed by atoms with Crippen molar-refractivity contribution in [2.45, 2.75) is 38.7 Å². The molecule has 0 spiro atoms. The van der Waals surface area contributed by atoms with Gasteiger partial charge in [0.25, 0.3) is 0 Å². The largest absolute Gasteiger partial charge is 0.391 e. The van der Waals surface area contributed by atoms with Crippen LogP contribution in [0.3, 0.4) is 0 Å². The van der Waals surface area contributed by atoms with Crippen LogP contribution in [-0.2, 0) is 0 Å². The molecule has 1 aliphatic heterocycles. The van der Waals surface area contributed by atoms with E-state index < -0.39 is 6.10 Å². The number of benzene rings is 1. The summed E-state index contributed by atoms with van der Waals surface area (Å²) in [6.45, 7) is 5.97. The summed E-state index contributed by atoms with van der Waals surface area (Å²) in [4.78, 5) is 13.9. The number of hydrogen-bond donors (Lipinski definition) is 2. The molecule has 0 bridgehead atoms. The summed E-state index contributed by atoms with van der Waals surface area (Å²) in [6, 6.07) is 10.2. The van der Waals surface area contributed by atoms with Gasteiger partial charge in [0.15, 0.2) is 0 Å². The Morgan fingerprint density at radius 2 is 2.14 bits per heavy atom. The van der Waals surface area contributed by atoms with Crippen LogP contribution in [0, 0.1) is 5.92 Å².